The van der Waals surface area contributed by atoms with Crippen molar-refractivity contribution in [1.82, 2.24) is 15.5 Å². The Labute approximate surface area is 174 Å². The van der Waals surface area contributed by atoms with Gasteiger partial charge in [-0.05, 0) is 11.1 Å². The molecule has 1 rings (SSSR count). The lowest BCUT2D eigenvalue weighted by molar-refractivity contribution is -0.176. The van der Waals surface area contributed by atoms with Gasteiger partial charge < -0.3 is 20.3 Å². The molecular formula is C17H26F3IN4O2. The van der Waals surface area contributed by atoms with Gasteiger partial charge in [0.2, 0.25) is 5.91 Å². The molecule has 0 radical (unpaired) electrons. The first-order valence-corrected chi connectivity index (χ1v) is 8.08. The van der Waals surface area contributed by atoms with Gasteiger partial charge in [-0.25, -0.2) is 0 Å². The molecule has 0 saturated heterocycles. The molecule has 1 aromatic rings. The molecule has 154 valence electrons. The number of halogens is 4. The molecule has 0 aromatic heterocycles. The highest BCUT2D eigenvalue weighted by molar-refractivity contribution is 14.0. The van der Waals surface area contributed by atoms with Crippen LogP contribution >= 0.6 is 24.0 Å². The number of carbonyl (C=O) groups excluding carboxylic acids is 1. The summed E-state index contributed by atoms with van der Waals surface area (Å²) in [4.78, 5) is 17.1. The van der Waals surface area contributed by atoms with Crippen molar-refractivity contribution in [2.45, 2.75) is 25.7 Å². The van der Waals surface area contributed by atoms with E-state index in [1.807, 2.05) is 12.1 Å². The van der Waals surface area contributed by atoms with Crippen molar-refractivity contribution >= 4 is 35.8 Å². The number of hydrogen-bond acceptors (Lipinski definition) is 3. The largest absolute Gasteiger partial charge is 0.411 e. The van der Waals surface area contributed by atoms with E-state index in [9.17, 15) is 18.0 Å². The fourth-order valence-electron chi connectivity index (χ4n) is 1.96. The van der Waals surface area contributed by atoms with E-state index in [1.54, 1.807) is 33.3 Å². The normalized spacial score (nSPS) is 11.6. The summed E-state index contributed by atoms with van der Waals surface area (Å²) in [6.07, 6.45) is -3.95. The number of nitrogens with zero attached hydrogens (tertiary/aromatic N) is 2. The number of alkyl halides is 3. The van der Waals surface area contributed by atoms with E-state index in [2.05, 4.69) is 20.4 Å². The van der Waals surface area contributed by atoms with E-state index in [4.69, 9.17) is 0 Å². The second-order valence-electron chi connectivity index (χ2n) is 5.82. The van der Waals surface area contributed by atoms with E-state index in [-0.39, 0.29) is 36.5 Å². The third-order valence-electron chi connectivity index (χ3n) is 3.37. The van der Waals surface area contributed by atoms with Crippen molar-refractivity contribution in [3.8, 4) is 0 Å². The average Bonchev–Trinajstić information content (AvgIpc) is 2.57. The highest BCUT2D eigenvalue weighted by Crippen LogP contribution is 2.15. The van der Waals surface area contributed by atoms with Crippen LogP contribution in [0.1, 0.15) is 17.5 Å². The lowest BCUT2D eigenvalue weighted by atomic mass is 10.1. The summed E-state index contributed by atoms with van der Waals surface area (Å²) < 4.78 is 40.7. The predicted molar refractivity (Wildman–Crippen MR) is 109 cm³/mol. The minimum absolute atomic E-state index is 0. The van der Waals surface area contributed by atoms with Crippen LogP contribution in [0.4, 0.5) is 13.2 Å². The molecule has 0 saturated carbocycles. The van der Waals surface area contributed by atoms with Gasteiger partial charge in [0.15, 0.2) is 5.96 Å². The standard InChI is InChI=1S/C17H25F3N4O2.HI/c1-21-16(22-9-8-15(25)24(2)3)23-10-13-4-6-14(7-5-13)11-26-12-17(18,19)20;/h4-7H,8-12H2,1-3H3,(H2,21,22,23);1H. The molecule has 0 aliphatic heterocycles. The van der Waals surface area contributed by atoms with E-state index in [0.717, 1.165) is 5.56 Å². The Hall–Kier alpha value is -1.56. The summed E-state index contributed by atoms with van der Waals surface area (Å²) in [6, 6.07) is 7.06. The predicted octanol–water partition coefficient (Wildman–Crippen LogP) is 2.53. The number of hydrogen-bond donors (Lipinski definition) is 2. The van der Waals surface area contributed by atoms with E-state index in [0.29, 0.717) is 31.0 Å². The molecule has 6 nitrogen and oxygen atoms in total. The number of rotatable bonds is 8. The van der Waals surface area contributed by atoms with Crippen LogP contribution in [0, 0.1) is 0 Å². The van der Waals surface area contributed by atoms with Crippen LogP contribution in [0.15, 0.2) is 29.3 Å². The second kappa shape index (κ2) is 12.8. The molecular weight excluding hydrogens is 476 g/mol. The first-order valence-electron chi connectivity index (χ1n) is 8.08. The van der Waals surface area contributed by atoms with Crippen molar-refractivity contribution in [2.24, 2.45) is 4.99 Å². The smallest absolute Gasteiger partial charge is 0.367 e. The SMILES string of the molecule is CN=C(NCCC(=O)N(C)C)NCc1ccc(COCC(F)(F)F)cc1.I. The molecule has 0 aliphatic rings. The van der Waals surface area contributed by atoms with Crippen molar-refractivity contribution in [3.63, 3.8) is 0 Å². The van der Waals surface area contributed by atoms with Crippen LogP contribution in [0.5, 0.6) is 0 Å². The Morgan fingerprint density at radius 3 is 2.26 bits per heavy atom. The Kier molecular flexibility index (Phi) is 12.0. The number of ether oxygens (including phenoxy) is 1. The van der Waals surface area contributed by atoms with Crippen molar-refractivity contribution in [2.75, 3.05) is 34.3 Å². The molecule has 2 N–H and O–H groups in total. The maximum absolute atomic E-state index is 12.0. The monoisotopic (exact) mass is 502 g/mol. The van der Waals surface area contributed by atoms with Gasteiger partial charge in [0.05, 0.1) is 6.61 Å². The molecule has 0 fully saturated rings. The first-order chi connectivity index (χ1) is 12.2. The topological polar surface area (TPSA) is 66.0 Å². The Bertz CT molecular complexity index is 593. The van der Waals surface area contributed by atoms with Gasteiger partial charge in [0, 0.05) is 40.7 Å². The van der Waals surface area contributed by atoms with Crippen molar-refractivity contribution < 1.29 is 22.7 Å². The zero-order chi connectivity index (χ0) is 19.6. The van der Waals surface area contributed by atoms with Gasteiger partial charge in [-0.15, -0.1) is 24.0 Å². The number of amides is 1. The van der Waals surface area contributed by atoms with E-state index < -0.39 is 12.8 Å². The Morgan fingerprint density at radius 2 is 1.74 bits per heavy atom. The minimum Gasteiger partial charge on any atom is -0.367 e. The van der Waals surface area contributed by atoms with Gasteiger partial charge in [0.25, 0.3) is 0 Å². The van der Waals surface area contributed by atoms with Crippen LogP contribution in [0.25, 0.3) is 0 Å². The highest BCUT2D eigenvalue weighted by atomic mass is 127. The van der Waals surface area contributed by atoms with Crippen LogP contribution < -0.4 is 10.6 Å². The molecule has 0 unspecified atom stereocenters. The second-order valence-corrected chi connectivity index (χ2v) is 5.82. The van der Waals surface area contributed by atoms with E-state index >= 15 is 0 Å². The fourth-order valence-corrected chi connectivity index (χ4v) is 1.96. The molecule has 1 amide bonds. The molecule has 0 bridgehead atoms. The van der Waals surface area contributed by atoms with Gasteiger partial charge in [-0.2, -0.15) is 13.2 Å². The average molecular weight is 502 g/mol. The van der Waals surface area contributed by atoms with E-state index in [1.165, 1.54) is 4.90 Å². The lowest BCUT2D eigenvalue weighted by Gasteiger charge is -2.14. The summed E-state index contributed by atoms with van der Waals surface area (Å²) >= 11 is 0. The quantitative estimate of drug-likeness (QED) is 0.326. The maximum atomic E-state index is 12.0. The molecule has 0 aliphatic carbocycles. The Morgan fingerprint density at radius 1 is 1.15 bits per heavy atom. The summed E-state index contributed by atoms with van der Waals surface area (Å²) in [5.41, 5.74) is 1.61. The zero-order valence-corrected chi connectivity index (χ0v) is 17.9. The number of benzene rings is 1. The third-order valence-corrected chi connectivity index (χ3v) is 3.37. The highest BCUT2D eigenvalue weighted by Gasteiger charge is 2.27. The number of aliphatic imine (C=N–C) groups is 1. The zero-order valence-electron chi connectivity index (χ0n) is 15.6. The molecule has 0 atom stereocenters. The molecule has 0 spiro atoms. The summed E-state index contributed by atoms with van der Waals surface area (Å²) in [5, 5.41) is 6.15. The molecule has 1 aromatic carbocycles. The van der Waals surface area contributed by atoms with Crippen LogP contribution in [0.3, 0.4) is 0 Å². The van der Waals surface area contributed by atoms with Crippen LogP contribution in [-0.2, 0) is 22.7 Å². The van der Waals surface area contributed by atoms with Gasteiger partial charge >= 0.3 is 6.18 Å². The molecule has 27 heavy (non-hydrogen) atoms. The Balaban J connectivity index is 0.00000676. The van der Waals surface area contributed by atoms with Gasteiger partial charge in [-0.1, -0.05) is 24.3 Å². The lowest BCUT2D eigenvalue weighted by Crippen LogP contribution is -2.38. The molecule has 10 heteroatoms. The van der Waals surface area contributed by atoms with Crippen molar-refractivity contribution in [1.29, 1.82) is 0 Å². The summed E-state index contributed by atoms with van der Waals surface area (Å²) in [7, 11) is 5.03. The number of carbonyl (C=O) groups is 1. The number of guanidine groups is 1. The van der Waals surface area contributed by atoms with Gasteiger partial charge in [0.1, 0.15) is 6.61 Å². The van der Waals surface area contributed by atoms with Crippen LogP contribution in [0.2, 0.25) is 0 Å². The summed E-state index contributed by atoms with van der Waals surface area (Å²) in [5.74, 6) is 0.588. The maximum Gasteiger partial charge on any atom is 0.411 e. The number of nitrogens with one attached hydrogen (secondary N) is 2. The minimum atomic E-state index is -4.32. The van der Waals surface area contributed by atoms with Crippen molar-refractivity contribution in [3.05, 3.63) is 35.4 Å². The van der Waals surface area contributed by atoms with Crippen LogP contribution in [-0.4, -0.2) is 57.2 Å². The summed E-state index contributed by atoms with van der Waals surface area (Å²) in [6.45, 7) is -0.387. The third kappa shape index (κ3) is 11.7. The first kappa shape index (κ1) is 25.4. The fraction of sp³-hybridized carbons (Fsp3) is 0.529. The van der Waals surface area contributed by atoms with Gasteiger partial charge in [-0.3, -0.25) is 9.79 Å². The molecule has 0 heterocycles.